The Morgan fingerprint density at radius 2 is 2.06 bits per heavy atom. The van der Waals surface area contributed by atoms with E-state index in [1.54, 1.807) is 6.20 Å². The fraction of sp³-hybridized carbons (Fsp3) is 0.312. The van der Waals surface area contributed by atoms with Gasteiger partial charge in [-0.15, -0.1) is 0 Å². The van der Waals surface area contributed by atoms with Crippen LogP contribution >= 0.6 is 11.6 Å². The average Bonchev–Trinajstić information content (AvgIpc) is 2.70. The molecule has 0 spiro atoms. The van der Waals surface area contributed by atoms with Crippen molar-refractivity contribution in [2.45, 2.75) is 26.7 Å². The van der Waals surface area contributed by atoms with Gasteiger partial charge in [-0.3, -0.25) is 0 Å². The van der Waals surface area contributed by atoms with E-state index in [2.05, 4.69) is 43.1 Å². The van der Waals surface area contributed by atoms with Gasteiger partial charge in [-0.25, -0.2) is 4.98 Å². The van der Waals surface area contributed by atoms with Crippen molar-refractivity contribution < 1.29 is 0 Å². The van der Waals surface area contributed by atoms with Gasteiger partial charge in [0.25, 0.3) is 0 Å². The Hall–Kier alpha value is -1.34. The predicted octanol–water partition coefficient (Wildman–Crippen LogP) is 5.09. The lowest BCUT2D eigenvalue weighted by Crippen LogP contribution is -2.00. The average molecular weight is 258 g/mol. The van der Waals surface area contributed by atoms with Crippen molar-refractivity contribution in [1.82, 2.24) is 4.98 Å². The van der Waals surface area contributed by atoms with Crippen LogP contribution in [0.15, 0.2) is 36.5 Å². The molecule has 0 saturated carbocycles. The number of hydrogen-bond acceptors (Lipinski definition) is 1. The third kappa shape index (κ3) is 2.04. The van der Waals surface area contributed by atoms with Crippen molar-refractivity contribution in [2.24, 2.45) is 5.41 Å². The summed E-state index contributed by atoms with van der Waals surface area (Å²) in [6.07, 6.45) is 6.56. The van der Waals surface area contributed by atoms with Gasteiger partial charge >= 0.3 is 0 Å². The lowest BCUT2D eigenvalue weighted by Gasteiger charge is -2.11. The Labute approximate surface area is 112 Å². The maximum absolute atomic E-state index is 6.09. The SMILES string of the molecule is CC1(C)C=C(c2ccc3c(Cl)nccc3c2)CC1. The third-order valence-corrected chi connectivity index (χ3v) is 3.99. The van der Waals surface area contributed by atoms with Crippen molar-refractivity contribution >= 4 is 27.9 Å². The molecule has 1 nitrogen and oxygen atoms in total. The first-order valence-corrected chi connectivity index (χ1v) is 6.69. The summed E-state index contributed by atoms with van der Waals surface area (Å²) in [6, 6.07) is 8.47. The zero-order valence-corrected chi connectivity index (χ0v) is 11.5. The quantitative estimate of drug-likeness (QED) is 0.649. The summed E-state index contributed by atoms with van der Waals surface area (Å²) in [5.41, 5.74) is 3.10. The summed E-state index contributed by atoms with van der Waals surface area (Å²) in [5.74, 6) is 0. The first-order valence-electron chi connectivity index (χ1n) is 6.32. The molecule has 0 aliphatic heterocycles. The van der Waals surface area contributed by atoms with E-state index in [0.717, 1.165) is 17.2 Å². The Morgan fingerprint density at radius 1 is 1.22 bits per heavy atom. The summed E-state index contributed by atoms with van der Waals surface area (Å²) in [7, 11) is 0. The van der Waals surface area contributed by atoms with Crippen LogP contribution in [-0.4, -0.2) is 4.98 Å². The van der Waals surface area contributed by atoms with E-state index in [0.29, 0.717) is 10.6 Å². The second-order valence-corrected chi connectivity index (χ2v) is 6.05. The molecule has 2 aromatic rings. The number of halogens is 1. The van der Waals surface area contributed by atoms with Crippen LogP contribution in [0.25, 0.3) is 16.3 Å². The van der Waals surface area contributed by atoms with Gasteiger partial charge in [0.05, 0.1) is 0 Å². The minimum absolute atomic E-state index is 0.334. The van der Waals surface area contributed by atoms with Gasteiger partial charge in [-0.2, -0.15) is 0 Å². The van der Waals surface area contributed by atoms with Crippen molar-refractivity contribution in [3.63, 3.8) is 0 Å². The lowest BCUT2D eigenvalue weighted by atomic mass is 9.94. The van der Waals surface area contributed by atoms with Crippen LogP contribution in [0.3, 0.4) is 0 Å². The Balaban J connectivity index is 2.10. The molecule has 2 heteroatoms. The molecular formula is C16H16ClN. The van der Waals surface area contributed by atoms with E-state index >= 15 is 0 Å². The molecule has 18 heavy (non-hydrogen) atoms. The molecule has 92 valence electrons. The van der Waals surface area contributed by atoms with Gasteiger partial charge in [0.2, 0.25) is 0 Å². The Kier molecular flexibility index (Phi) is 2.67. The Morgan fingerprint density at radius 3 is 2.78 bits per heavy atom. The van der Waals surface area contributed by atoms with Crippen LogP contribution in [0.2, 0.25) is 5.15 Å². The minimum atomic E-state index is 0.334. The van der Waals surface area contributed by atoms with Crippen LogP contribution in [0.5, 0.6) is 0 Å². The highest BCUT2D eigenvalue weighted by Crippen LogP contribution is 2.40. The van der Waals surface area contributed by atoms with E-state index < -0.39 is 0 Å². The topological polar surface area (TPSA) is 12.9 Å². The normalized spacial score (nSPS) is 18.1. The number of nitrogens with zero attached hydrogens (tertiary/aromatic N) is 1. The summed E-state index contributed by atoms with van der Waals surface area (Å²) < 4.78 is 0. The van der Waals surface area contributed by atoms with Crippen LogP contribution in [0.1, 0.15) is 32.3 Å². The maximum Gasteiger partial charge on any atom is 0.136 e. The molecule has 1 aliphatic rings. The maximum atomic E-state index is 6.09. The molecule has 1 aliphatic carbocycles. The number of aromatic nitrogens is 1. The van der Waals surface area contributed by atoms with Gasteiger partial charge in [0.1, 0.15) is 5.15 Å². The van der Waals surface area contributed by atoms with Gasteiger partial charge in [0, 0.05) is 11.6 Å². The Bertz CT molecular complexity index is 641. The largest absolute Gasteiger partial charge is 0.244 e. The van der Waals surface area contributed by atoms with E-state index in [1.165, 1.54) is 17.6 Å². The molecule has 0 bridgehead atoms. The molecule has 0 fully saturated rings. The second kappa shape index (κ2) is 4.10. The molecule has 1 aromatic carbocycles. The van der Waals surface area contributed by atoms with Crippen molar-refractivity contribution in [2.75, 3.05) is 0 Å². The summed E-state index contributed by atoms with van der Waals surface area (Å²) in [5, 5.41) is 2.78. The first-order chi connectivity index (χ1) is 8.55. The number of hydrogen-bond donors (Lipinski definition) is 0. The molecular weight excluding hydrogens is 242 g/mol. The van der Waals surface area contributed by atoms with E-state index in [9.17, 15) is 0 Å². The second-order valence-electron chi connectivity index (χ2n) is 5.70. The molecule has 1 aromatic heterocycles. The van der Waals surface area contributed by atoms with Crippen molar-refractivity contribution in [1.29, 1.82) is 0 Å². The fourth-order valence-electron chi connectivity index (χ4n) is 2.64. The fourth-order valence-corrected chi connectivity index (χ4v) is 2.87. The lowest BCUT2D eigenvalue weighted by molar-refractivity contribution is 0.471. The molecule has 0 N–H and O–H groups in total. The summed E-state index contributed by atoms with van der Waals surface area (Å²) >= 11 is 6.09. The first kappa shape index (κ1) is 11.7. The molecule has 0 saturated heterocycles. The monoisotopic (exact) mass is 257 g/mol. The molecule has 3 rings (SSSR count). The highest BCUT2D eigenvalue weighted by Gasteiger charge is 2.23. The summed E-state index contributed by atoms with van der Waals surface area (Å²) in [4.78, 5) is 4.11. The number of pyridine rings is 1. The van der Waals surface area contributed by atoms with E-state index in [1.807, 2.05) is 6.07 Å². The van der Waals surface area contributed by atoms with Gasteiger partial charge in [-0.1, -0.05) is 43.7 Å². The zero-order chi connectivity index (χ0) is 12.8. The van der Waals surface area contributed by atoms with Crippen LogP contribution < -0.4 is 0 Å². The van der Waals surface area contributed by atoms with Gasteiger partial charge in [0.15, 0.2) is 0 Å². The minimum Gasteiger partial charge on any atom is -0.244 e. The van der Waals surface area contributed by atoms with Gasteiger partial charge in [-0.05, 0) is 46.9 Å². The van der Waals surface area contributed by atoms with Crippen LogP contribution in [0.4, 0.5) is 0 Å². The molecule has 0 atom stereocenters. The van der Waals surface area contributed by atoms with E-state index in [4.69, 9.17) is 11.6 Å². The number of allylic oxidation sites excluding steroid dienone is 2. The van der Waals surface area contributed by atoms with Crippen molar-refractivity contribution in [3.8, 4) is 0 Å². The third-order valence-electron chi connectivity index (χ3n) is 3.69. The van der Waals surface area contributed by atoms with E-state index in [-0.39, 0.29) is 0 Å². The molecule has 0 amide bonds. The van der Waals surface area contributed by atoms with Crippen LogP contribution in [-0.2, 0) is 0 Å². The molecule has 0 radical (unpaired) electrons. The van der Waals surface area contributed by atoms with Crippen LogP contribution in [0, 0.1) is 5.41 Å². The van der Waals surface area contributed by atoms with Crippen molar-refractivity contribution in [3.05, 3.63) is 47.3 Å². The number of fused-ring (bicyclic) bond motifs is 1. The molecule has 1 heterocycles. The number of benzene rings is 1. The zero-order valence-electron chi connectivity index (χ0n) is 10.7. The highest BCUT2D eigenvalue weighted by molar-refractivity contribution is 6.34. The smallest absolute Gasteiger partial charge is 0.136 e. The predicted molar refractivity (Wildman–Crippen MR) is 77.7 cm³/mol. The number of rotatable bonds is 1. The van der Waals surface area contributed by atoms with Gasteiger partial charge < -0.3 is 0 Å². The standard InChI is InChI=1S/C16H16ClN/c1-16(2)7-5-13(10-16)11-3-4-14-12(9-11)6-8-18-15(14)17/h3-4,6,8-10H,5,7H2,1-2H3. The summed E-state index contributed by atoms with van der Waals surface area (Å²) in [6.45, 7) is 4.59. The highest BCUT2D eigenvalue weighted by atomic mass is 35.5. The molecule has 0 unspecified atom stereocenters.